The molecular weight excluding hydrogens is 567 g/mol. The molecule has 1 aromatic heterocycles. The Labute approximate surface area is 260 Å². The van der Waals surface area contributed by atoms with E-state index in [0.29, 0.717) is 25.0 Å². The molecule has 0 saturated heterocycles. The van der Waals surface area contributed by atoms with Gasteiger partial charge in [0.25, 0.3) is 0 Å². The first-order valence-electron chi connectivity index (χ1n) is 15.9. The normalized spacial score (nSPS) is 12.2. The van der Waals surface area contributed by atoms with Crippen LogP contribution in [0.1, 0.15) is 94.8 Å². The smallest absolute Gasteiger partial charge is 0.414 e. The molecule has 0 aliphatic heterocycles. The van der Waals surface area contributed by atoms with Gasteiger partial charge in [-0.3, -0.25) is 4.98 Å². The van der Waals surface area contributed by atoms with E-state index in [4.69, 9.17) is 14.2 Å². The summed E-state index contributed by atoms with van der Waals surface area (Å²) in [7, 11) is 0. The maximum absolute atomic E-state index is 12.4. The van der Waals surface area contributed by atoms with Gasteiger partial charge >= 0.3 is 12.1 Å². The number of hydrogen-bond donors (Lipinski definition) is 0. The number of aromatic nitrogens is 1. The fourth-order valence-corrected chi connectivity index (χ4v) is 4.67. The number of esters is 1. The highest BCUT2D eigenvalue weighted by Gasteiger charge is 2.36. The Morgan fingerprint density at radius 2 is 1.27 bits per heavy atom. The highest BCUT2D eigenvalue weighted by Crippen LogP contribution is 2.25. The van der Waals surface area contributed by atoms with Crippen molar-refractivity contribution in [2.75, 3.05) is 19.8 Å². The zero-order chi connectivity index (χ0) is 31.6. The molecule has 5 nitrogen and oxygen atoms in total. The topological polar surface area (TPSA) is 57.7 Å². The van der Waals surface area contributed by atoms with Gasteiger partial charge in [0, 0.05) is 23.9 Å². The van der Waals surface area contributed by atoms with Crippen LogP contribution in [0.3, 0.4) is 0 Å². The Balaban J connectivity index is 1.34. The number of halogens is 3. The van der Waals surface area contributed by atoms with Crippen LogP contribution in [0.25, 0.3) is 22.4 Å². The van der Waals surface area contributed by atoms with Gasteiger partial charge in [-0.2, -0.15) is 13.2 Å². The molecule has 240 valence electrons. The Kier molecular flexibility index (Phi) is 15.2. The Morgan fingerprint density at radius 3 is 1.89 bits per heavy atom. The van der Waals surface area contributed by atoms with E-state index < -0.39 is 12.3 Å². The average Bonchev–Trinajstić information content (AvgIpc) is 3.03. The number of pyridine rings is 1. The number of nitrogens with zero attached hydrogens (tertiary/aromatic N) is 1. The van der Waals surface area contributed by atoms with Crippen molar-refractivity contribution < 1.29 is 32.2 Å². The van der Waals surface area contributed by atoms with Gasteiger partial charge in [-0.1, -0.05) is 76.5 Å². The average molecular weight is 614 g/mol. The summed E-state index contributed by atoms with van der Waals surface area (Å²) >= 11 is 0. The van der Waals surface area contributed by atoms with Crippen molar-refractivity contribution in [3.05, 3.63) is 72.4 Å². The molecule has 8 heteroatoms. The van der Waals surface area contributed by atoms with Crippen LogP contribution < -0.4 is 4.74 Å². The Bertz CT molecular complexity index is 1210. The highest BCUT2D eigenvalue weighted by molar-refractivity contribution is 5.90. The highest BCUT2D eigenvalue weighted by atomic mass is 19.4. The molecular formula is C36H46F3NO4. The van der Waals surface area contributed by atoms with E-state index in [1.807, 2.05) is 54.7 Å². The third-order valence-electron chi connectivity index (χ3n) is 7.48. The number of unbranched alkanes of at least 4 members (excludes halogenated alkanes) is 9. The van der Waals surface area contributed by atoms with Gasteiger partial charge in [-0.05, 0) is 74.2 Å². The van der Waals surface area contributed by atoms with Crippen molar-refractivity contribution in [2.45, 2.75) is 96.8 Å². The van der Waals surface area contributed by atoms with E-state index in [1.165, 1.54) is 32.1 Å². The van der Waals surface area contributed by atoms with Crippen molar-refractivity contribution in [1.82, 2.24) is 4.98 Å². The number of ether oxygens (including phenoxy) is 3. The van der Waals surface area contributed by atoms with E-state index in [1.54, 1.807) is 12.1 Å². The van der Waals surface area contributed by atoms with Crippen LogP contribution >= 0.6 is 0 Å². The fraction of sp³-hybridized carbons (Fsp3) is 0.500. The molecule has 0 fully saturated rings. The number of carbonyl (C=O) groups is 1. The van der Waals surface area contributed by atoms with E-state index >= 15 is 0 Å². The lowest BCUT2D eigenvalue weighted by Crippen LogP contribution is -2.28. The van der Waals surface area contributed by atoms with Gasteiger partial charge in [-0.25, -0.2) is 4.79 Å². The number of benzene rings is 2. The molecule has 3 rings (SSSR count). The zero-order valence-electron chi connectivity index (χ0n) is 26.0. The molecule has 1 heterocycles. The standard InChI is InChI=1S/C36H46F3NO4/c1-3-4-5-6-8-12-25-43-33-21-18-30(19-22-33)34-23-20-32(27-40-34)29-14-16-31(17-15-29)35(41)44-26-13-10-7-9-11-24-42-28(2)36(37,38)39/h14-23,27-28H,3-13,24-26H2,1-2H3. The zero-order valence-corrected chi connectivity index (χ0v) is 26.0. The second-order valence-corrected chi connectivity index (χ2v) is 11.1. The lowest BCUT2D eigenvalue weighted by atomic mass is 10.0. The summed E-state index contributed by atoms with van der Waals surface area (Å²) < 4.78 is 53.3. The molecule has 0 spiro atoms. The fourth-order valence-electron chi connectivity index (χ4n) is 4.67. The molecule has 0 amide bonds. The quantitative estimate of drug-likeness (QED) is 0.0937. The van der Waals surface area contributed by atoms with E-state index in [-0.39, 0.29) is 12.6 Å². The summed E-state index contributed by atoms with van der Waals surface area (Å²) in [6.07, 6.45) is 6.97. The van der Waals surface area contributed by atoms with Crippen molar-refractivity contribution in [3.63, 3.8) is 0 Å². The predicted octanol–water partition coefficient (Wildman–Crippen LogP) is 10.2. The van der Waals surface area contributed by atoms with Crippen molar-refractivity contribution >= 4 is 5.97 Å². The minimum Gasteiger partial charge on any atom is -0.494 e. The van der Waals surface area contributed by atoms with Crippen LogP contribution in [0.5, 0.6) is 5.75 Å². The summed E-state index contributed by atoms with van der Waals surface area (Å²) in [5.74, 6) is 0.498. The molecule has 2 aromatic carbocycles. The van der Waals surface area contributed by atoms with Gasteiger partial charge in [0.15, 0.2) is 6.10 Å². The number of hydrogen-bond acceptors (Lipinski definition) is 5. The molecule has 1 atom stereocenters. The maximum Gasteiger partial charge on any atom is 0.414 e. The molecule has 0 saturated carbocycles. The molecule has 44 heavy (non-hydrogen) atoms. The van der Waals surface area contributed by atoms with Crippen LogP contribution in [-0.4, -0.2) is 43.1 Å². The SMILES string of the molecule is CCCCCCCCOc1ccc(-c2ccc(-c3ccc(C(=O)OCCCCCCCOC(C)C(F)(F)F)cc3)cn2)cc1. The molecule has 0 radical (unpaired) electrons. The summed E-state index contributed by atoms with van der Waals surface area (Å²) in [6.45, 7) is 4.39. The largest absolute Gasteiger partial charge is 0.494 e. The summed E-state index contributed by atoms with van der Waals surface area (Å²) in [5.41, 5.74) is 4.28. The summed E-state index contributed by atoms with van der Waals surface area (Å²) in [6, 6.07) is 19.3. The third kappa shape index (κ3) is 12.7. The first kappa shape index (κ1) is 35.1. The van der Waals surface area contributed by atoms with Crippen molar-refractivity contribution in [2.24, 2.45) is 0 Å². The van der Waals surface area contributed by atoms with Crippen LogP contribution in [0.15, 0.2) is 66.9 Å². The van der Waals surface area contributed by atoms with Crippen molar-refractivity contribution in [1.29, 1.82) is 0 Å². The van der Waals surface area contributed by atoms with Gasteiger partial charge in [0.2, 0.25) is 0 Å². The molecule has 0 N–H and O–H groups in total. The van der Waals surface area contributed by atoms with Gasteiger partial charge in [0.1, 0.15) is 5.75 Å². The molecule has 0 aliphatic rings. The lowest BCUT2D eigenvalue weighted by molar-refractivity contribution is -0.214. The van der Waals surface area contributed by atoms with Crippen molar-refractivity contribution in [3.8, 4) is 28.1 Å². The second kappa shape index (κ2) is 19.1. The number of alkyl halides is 3. The van der Waals surface area contributed by atoms with Gasteiger partial charge in [0.05, 0.1) is 24.5 Å². The molecule has 0 bridgehead atoms. The van der Waals surface area contributed by atoms with Gasteiger partial charge in [-0.15, -0.1) is 0 Å². The molecule has 3 aromatic rings. The molecule has 1 unspecified atom stereocenters. The van der Waals surface area contributed by atoms with Crippen LogP contribution in [-0.2, 0) is 9.47 Å². The first-order valence-corrected chi connectivity index (χ1v) is 15.9. The minimum absolute atomic E-state index is 0.0922. The lowest BCUT2D eigenvalue weighted by Gasteiger charge is -2.16. The second-order valence-electron chi connectivity index (χ2n) is 11.1. The maximum atomic E-state index is 12.4. The van der Waals surface area contributed by atoms with Gasteiger partial charge < -0.3 is 14.2 Å². The Morgan fingerprint density at radius 1 is 0.705 bits per heavy atom. The Hall–Kier alpha value is -3.39. The van der Waals surface area contributed by atoms with Crippen LogP contribution in [0.2, 0.25) is 0 Å². The monoisotopic (exact) mass is 613 g/mol. The van der Waals surface area contributed by atoms with E-state index in [9.17, 15) is 18.0 Å². The van der Waals surface area contributed by atoms with Crippen LogP contribution in [0, 0.1) is 0 Å². The minimum atomic E-state index is -4.32. The number of rotatable bonds is 20. The summed E-state index contributed by atoms with van der Waals surface area (Å²) in [4.78, 5) is 17.0. The summed E-state index contributed by atoms with van der Waals surface area (Å²) in [5, 5.41) is 0. The van der Waals surface area contributed by atoms with E-state index in [2.05, 4.69) is 11.9 Å². The third-order valence-corrected chi connectivity index (χ3v) is 7.48. The van der Waals surface area contributed by atoms with Crippen LogP contribution in [0.4, 0.5) is 13.2 Å². The first-order chi connectivity index (χ1) is 21.3. The molecule has 0 aliphatic carbocycles. The number of carbonyl (C=O) groups excluding carboxylic acids is 1. The predicted molar refractivity (Wildman–Crippen MR) is 169 cm³/mol. The van der Waals surface area contributed by atoms with E-state index in [0.717, 1.165) is 67.3 Å².